The van der Waals surface area contributed by atoms with Crippen molar-refractivity contribution in [3.05, 3.63) is 28.1 Å². The fourth-order valence-corrected chi connectivity index (χ4v) is 2.80. The highest BCUT2D eigenvalue weighted by Gasteiger charge is 2.50. The molecule has 0 aliphatic heterocycles. The van der Waals surface area contributed by atoms with Gasteiger partial charge < -0.3 is 25.6 Å². The van der Waals surface area contributed by atoms with Crippen molar-refractivity contribution in [2.24, 2.45) is 11.3 Å². The number of esters is 1. The quantitative estimate of drug-likeness (QED) is 0.538. The summed E-state index contributed by atoms with van der Waals surface area (Å²) in [5, 5.41) is 12.3. The number of hydrogen-bond donors (Lipinski definition) is 3. The Kier molecular flexibility index (Phi) is 7.10. The highest BCUT2D eigenvalue weighted by Crippen LogP contribution is 2.52. The molecule has 0 bridgehead atoms. The summed E-state index contributed by atoms with van der Waals surface area (Å²) in [4.78, 5) is 39.8. The predicted molar refractivity (Wildman–Crippen MR) is 110 cm³/mol. The Bertz CT molecular complexity index is 937. The van der Waals surface area contributed by atoms with E-state index in [9.17, 15) is 23.9 Å². The number of amides is 1. The maximum atomic E-state index is 13.6. The molecule has 1 aliphatic rings. The highest BCUT2D eigenvalue weighted by molar-refractivity contribution is 5.81. The van der Waals surface area contributed by atoms with Crippen LogP contribution < -0.4 is 16.7 Å². The summed E-state index contributed by atoms with van der Waals surface area (Å²) in [6, 6.07) is -0.949. The average Bonchev–Trinajstić information content (AvgIpc) is 3.33. The zero-order chi connectivity index (χ0) is 23.6. The molecular formula is C20H29FN4O6. The summed E-state index contributed by atoms with van der Waals surface area (Å²) in [7, 11) is 0. The lowest BCUT2D eigenvalue weighted by Gasteiger charge is -2.25. The van der Waals surface area contributed by atoms with Crippen molar-refractivity contribution in [2.75, 3.05) is 18.9 Å². The fraction of sp³-hybridized carbons (Fsp3) is 0.600. The topological polar surface area (TPSA) is 146 Å². The summed E-state index contributed by atoms with van der Waals surface area (Å²) >= 11 is 0. The zero-order valence-corrected chi connectivity index (χ0v) is 18.3. The molecule has 1 aliphatic carbocycles. The first-order valence-electron chi connectivity index (χ1n) is 9.80. The van der Waals surface area contributed by atoms with Crippen molar-refractivity contribution in [3.63, 3.8) is 0 Å². The van der Waals surface area contributed by atoms with Gasteiger partial charge in [-0.2, -0.15) is 4.98 Å². The first kappa shape index (κ1) is 24.3. The van der Waals surface area contributed by atoms with Crippen LogP contribution in [0.1, 0.15) is 41.0 Å². The Balaban J connectivity index is 2.06. The molecule has 1 aromatic heterocycles. The normalized spacial score (nSPS) is 20.5. The number of anilines is 1. The number of nitrogens with one attached hydrogen (secondary N) is 1. The van der Waals surface area contributed by atoms with Gasteiger partial charge in [-0.15, -0.1) is 0 Å². The molecule has 31 heavy (non-hydrogen) atoms. The van der Waals surface area contributed by atoms with Gasteiger partial charge in [-0.1, -0.05) is 13.8 Å². The minimum absolute atomic E-state index is 0.174. The van der Waals surface area contributed by atoms with Gasteiger partial charge >= 0.3 is 17.8 Å². The Morgan fingerprint density at radius 1 is 1.45 bits per heavy atom. The average molecular weight is 440 g/mol. The molecule has 0 saturated heterocycles. The summed E-state index contributed by atoms with van der Waals surface area (Å²) in [5.41, 5.74) is 3.45. The molecule has 1 aromatic rings. The second kappa shape index (κ2) is 9.04. The van der Waals surface area contributed by atoms with E-state index in [4.69, 9.17) is 15.2 Å². The number of carbonyl (C=O) groups excluding carboxylic acids is 2. The molecule has 0 spiro atoms. The van der Waals surface area contributed by atoms with Crippen molar-refractivity contribution in [2.45, 2.75) is 52.7 Å². The van der Waals surface area contributed by atoms with Crippen molar-refractivity contribution in [1.29, 1.82) is 0 Å². The lowest BCUT2D eigenvalue weighted by atomic mass is 10.0. The molecule has 2 atom stereocenters. The lowest BCUT2D eigenvalue weighted by molar-refractivity contribution is -0.149. The van der Waals surface area contributed by atoms with Gasteiger partial charge in [0, 0.05) is 6.20 Å². The molecule has 0 radical (unpaired) electrons. The molecule has 2 rings (SSSR count). The molecule has 11 heteroatoms. The van der Waals surface area contributed by atoms with E-state index in [0.29, 0.717) is 12.0 Å². The van der Waals surface area contributed by atoms with Crippen molar-refractivity contribution >= 4 is 24.1 Å². The van der Waals surface area contributed by atoms with E-state index in [1.54, 1.807) is 34.6 Å². The molecule has 4 N–H and O–H groups in total. The van der Waals surface area contributed by atoms with Crippen LogP contribution in [0, 0.1) is 17.2 Å². The second-order valence-corrected chi connectivity index (χ2v) is 8.91. The first-order chi connectivity index (χ1) is 14.3. The molecule has 1 amide bonds. The van der Waals surface area contributed by atoms with E-state index < -0.39 is 46.4 Å². The van der Waals surface area contributed by atoms with Crippen LogP contribution in [0.3, 0.4) is 0 Å². The zero-order valence-electron chi connectivity index (χ0n) is 18.3. The second-order valence-electron chi connectivity index (χ2n) is 8.91. The number of hydrogen-bond acceptors (Lipinski definition) is 8. The lowest BCUT2D eigenvalue weighted by Crippen LogP contribution is -2.47. The van der Waals surface area contributed by atoms with E-state index in [0.717, 1.165) is 10.8 Å². The number of alkyl carbamates (subject to hydrolysis) is 1. The third-order valence-electron chi connectivity index (χ3n) is 4.70. The molecule has 1 saturated carbocycles. The Morgan fingerprint density at radius 2 is 2.10 bits per heavy atom. The number of aromatic nitrogens is 2. The van der Waals surface area contributed by atoms with Gasteiger partial charge in [-0.3, -0.25) is 4.57 Å². The molecule has 172 valence electrons. The maximum Gasteiger partial charge on any atom is 0.408 e. The number of aliphatic hydroxyl groups excluding tert-OH is 1. The highest BCUT2D eigenvalue weighted by atomic mass is 19.1. The molecule has 0 unspecified atom stereocenters. The predicted octanol–water partition coefficient (Wildman–Crippen LogP) is 1.28. The molecule has 1 heterocycles. The summed E-state index contributed by atoms with van der Waals surface area (Å²) in [6.07, 6.45) is 1.81. The molecule has 10 nitrogen and oxygen atoms in total. The van der Waals surface area contributed by atoms with Crippen LogP contribution in [-0.4, -0.2) is 51.6 Å². The maximum absolute atomic E-state index is 13.6. The number of halogens is 1. The summed E-state index contributed by atoms with van der Waals surface area (Å²) < 4.78 is 25.0. The fourth-order valence-electron chi connectivity index (χ4n) is 2.80. The SMILES string of the molecule is CC(C)[C@H](NC(=O)OC(C)(C)C)C(=O)OC[C@]1(CO)C/C1=C/n1cc(F)c(N)nc1=O. The van der Waals surface area contributed by atoms with Gasteiger partial charge in [0.15, 0.2) is 11.6 Å². The number of carbonyl (C=O) groups is 2. The first-order valence-corrected chi connectivity index (χ1v) is 9.80. The summed E-state index contributed by atoms with van der Waals surface area (Å²) in [5.74, 6) is -2.32. The molecular weight excluding hydrogens is 411 g/mol. The molecule has 1 fully saturated rings. The number of nitrogen functional groups attached to an aromatic ring is 1. The smallest absolute Gasteiger partial charge is 0.408 e. The third kappa shape index (κ3) is 6.27. The molecule has 0 aromatic carbocycles. The Morgan fingerprint density at radius 3 is 2.65 bits per heavy atom. The monoisotopic (exact) mass is 440 g/mol. The van der Waals surface area contributed by atoms with E-state index >= 15 is 0 Å². The third-order valence-corrected chi connectivity index (χ3v) is 4.70. The Labute approximate surface area is 179 Å². The van der Waals surface area contributed by atoms with Gasteiger partial charge in [0.05, 0.1) is 18.2 Å². The van der Waals surface area contributed by atoms with Gasteiger partial charge in [0.25, 0.3) is 0 Å². The Hall–Kier alpha value is -2.95. The largest absolute Gasteiger partial charge is 0.463 e. The number of nitrogens with zero attached hydrogens (tertiary/aromatic N) is 2. The summed E-state index contributed by atoms with van der Waals surface area (Å²) in [6.45, 7) is 8.06. The van der Waals surface area contributed by atoms with Crippen LogP contribution in [0.4, 0.5) is 15.0 Å². The van der Waals surface area contributed by atoms with Gasteiger partial charge in [-0.25, -0.2) is 18.8 Å². The van der Waals surface area contributed by atoms with Crippen LogP contribution >= 0.6 is 0 Å². The van der Waals surface area contributed by atoms with Crippen molar-refractivity contribution in [1.82, 2.24) is 14.9 Å². The van der Waals surface area contributed by atoms with Gasteiger partial charge in [0.2, 0.25) is 0 Å². The van der Waals surface area contributed by atoms with Crippen LogP contribution in [0.5, 0.6) is 0 Å². The van der Waals surface area contributed by atoms with E-state index in [-0.39, 0.29) is 19.1 Å². The minimum atomic E-state index is -0.949. The number of nitrogens with two attached hydrogens (primary N) is 1. The van der Waals surface area contributed by atoms with Crippen molar-refractivity contribution < 1.29 is 28.6 Å². The van der Waals surface area contributed by atoms with Crippen LogP contribution in [0.25, 0.3) is 6.20 Å². The van der Waals surface area contributed by atoms with Crippen LogP contribution in [0.2, 0.25) is 0 Å². The van der Waals surface area contributed by atoms with Gasteiger partial charge in [0.1, 0.15) is 18.2 Å². The van der Waals surface area contributed by atoms with Crippen LogP contribution in [-0.2, 0) is 14.3 Å². The van der Waals surface area contributed by atoms with E-state index in [1.807, 2.05) is 0 Å². The van der Waals surface area contributed by atoms with E-state index in [1.165, 1.54) is 6.20 Å². The minimum Gasteiger partial charge on any atom is -0.463 e. The number of rotatable bonds is 7. The standard InChI is InChI=1S/C20H29FN4O6/c1-11(2)14(23-18(29)31-19(3,4)5)16(27)30-10-20(9-26)6-12(20)7-25-8-13(21)15(22)24-17(25)28/h7-8,11,14,26H,6,9-10H2,1-5H3,(H,23,29)(H2,22,24,28)/b12-7-/t14-,20+/m0/s1. The van der Waals surface area contributed by atoms with Gasteiger partial charge in [-0.05, 0) is 38.7 Å². The number of ether oxygens (including phenoxy) is 2. The van der Waals surface area contributed by atoms with Crippen LogP contribution in [0.15, 0.2) is 16.6 Å². The van der Waals surface area contributed by atoms with Crippen molar-refractivity contribution in [3.8, 4) is 0 Å². The number of aliphatic hydroxyl groups is 1. The van der Waals surface area contributed by atoms with E-state index in [2.05, 4.69) is 10.3 Å².